The molecule has 2 aromatic carbocycles. The Morgan fingerprint density at radius 1 is 0.696 bits per heavy atom. The Balaban J connectivity index is 2.12. The van der Waals surface area contributed by atoms with Crippen LogP contribution in [0.15, 0.2) is 84.0 Å². The van der Waals surface area contributed by atoms with Crippen LogP contribution in [0.4, 0.5) is 0 Å². The van der Waals surface area contributed by atoms with Crippen molar-refractivity contribution in [1.82, 2.24) is 0 Å². The normalized spacial score (nSPS) is 13.8. The molecule has 0 atom stereocenters. The van der Waals surface area contributed by atoms with Crippen LogP contribution in [0, 0.1) is 0 Å². The van der Waals surface area contributed by atoms with Gasteiger partial charge in [-0.25, -0.2) is 0 Å². The molecule has 0 amide bonds. The van der Waals surface area contributed by atoms with E-state index >= 15 is 0 Å². The summed E-state index contributed by atoms with van der Waals surface area (Å²) in [7, 11) is 0. The molecule has 2 nitrogen and oxygen atoms in total. The van der Waals surface area contributed by atoms with Crippen molar-refractivity contribution < 1.29 is 9.59 Å². The van der Waals surface area contributed by atoms with Gasteiger partial charge in [0, 0.05) is 9.81 Å². The Hall–Kier alpha value is -2.65. The minimum Gasteiger partial charge on any atom is -0.298 e. The topological polar surface area (TPSA) is 34.1 Å². The van der Waals surface area contributed by atoms with Crippen LogP contribution in [0.25, 0.3) is 9.81 Å². The monoisotopic (exact) mass is 318 g/mol. The molecule has 0 radical (unpaired) electrons. The molecule has 0 fully saturated rings. The van der Waals surface area contributed by atoms with Gasteiger partial charge in [-0.3, -0.25) is 9.59 Å². The van der Waals surface area contributed by atoms with E-state index in [1.165, 1.54) is 0 Å². The highest BCUT2D eigenvalue weighted by Gasteiger charge is 2.16. The van der Waals surface area contributed by atoms with Crippen LogP contribution in [0.1, 0.15) is 11.1 Å². The van der Waals surface area contributed by atoms with E-state index in [2.05, 4.69) is 0 Å². The Morgan fingerprint density at radius 2 is 1.13 bits per heavy atom. The van der Waals surface area contributed by atoms with E-state index in [1.54, 1.807) is 11.8 Å². The minimum absolute atomic E-state index is 0.159. The summed E-state index contributed by atoms with van der Waals surface area (Å²) >= 11 is 1.64. The number of rotatable bonds is 4. The maximum atomic E-state index is 11.2. The zero-order chi connectivity index (χ0) is 16.1. The molecule has 3 heteroatoms. The lowest BCUT2D eigenvalue weighted by atomic mass is 10.0. The highest BCUT2D eigenvalue weighted by molar-refractivity contribution is 8.16. The average Bonchev–Trinajstić information content (AvgIpc) is 2.64. The van der Waals surface area contributed by atoms with Gasteiger partial charge in [-0.2, -0.15) is 0 Å². The number of carbonyl (C=O) groups excluding carboxylic acids is 2. The van der Waals surface area contributed by atoms with E-state index in [9.17, 15) is 9.59 Å². The third kappa shape index (κ3) is 3.41. The largest absolute Gasteiger partial charge is 0.298 e. The van der Waals surface area contributed by atoms with Crippen LogP contribution in [-0.2, 0) is 9.59 Å². The number of hydrogen-bond donors (Lipinski definition) is 0. The summed E-state index contributed by atoms with van der Waals surface area (Å²) in [5.41, 5.74) is 2.93. The van der Waals surface area contributed by atoms with Crippen molar-refractivity contribution in [2.75, 3.05) is 0 Å². The summed E-state index contributed by atoms with van der Waals surface area (Å²) in [6.07, 6.45) is 5.00. The third-order valence-corrected chi connectivity index (χ3v) is 4.64. The molecule has 0 aromatic heterocycles. The lowest BCUT2D eigenvalue weighted by Gasteiger charge is -2.17. The summed E-state index contributed by atoms with van der Waals surface area (Å²) < 4.78 is 0. The van der Waals surface area contributed by atoms with E-state index in [4.69, 9.17) is 0 Å². The van der Waals surface area contributed by atoms with Crippen molar-refractivity contribution in [3.05, 3.63) is 95.1 Å². The van der Waals surface area contributed by atoms with E-state index in [-0.39, 0.29) is 5.57 Å². The van der Waals surface area contributed by atoms with Crippen LogP contribution in [-0.4, -0.2) is 12.6 Å². The molecule has 0 N–H and O–H groups in total. The standard InChI is InChI=1S/C20H14O2S/c21-13-18(14-22)17-11-19(15-7-3-1-4-8-15)23-20(12-17)16-9-5-2-6-10-16/h1-14H. The van der Waals surface area contributed by atoms with Gasteiger partial charge >= 0.3 is 0 Å². The van der Waals surface area contributed by atoms with Gasteiger partial charge in [-0.05, 0) is 28.9 Å². The molecule has 3 rings (SSSR count). The molecular formula is C20H14O2S. The molecular weight excluding hydrogens is 304 g/mol. The van der Waals surface area contributed by atoms with Gasteiger partial charge in [0.15, 0.2) is 12.6 Å². The first-order valence-corrected chi connectivity index (χ1v) is 8.00. The highest BCUT2D eigenvalue weighted by Crippen LogP contribution is 2.44. The summed E-state index contributed by atoms with van der Waals surface area (Å²) in [6.45, 7) is 0. The van der Waals surface area contributed by atoms with Crippen LogP contribution in [0.2, 0.25) is 0 Å². The van der Waals surface area contributed by atoms with Crippen molar-refractivity contribution in [3.8, 4) is 0 Å². The first-order valence-electron chi connectivity index (χ1n) is 7.18. The summed E-state index contributed by atoms with van der Waals surface area (Å²) in [4.78, 5) is 24.4. The second-order valence-electron chi connectivity index (χ2n) is 5.00. The van der Waals surface area contributed by atoms with Gasteiger partial charge in [-0.15, -0.1) is 0 Å². The molecule has 0 bridgehead atoms. The molecule has 1 heterocycles. The van der Waals surface area contributed by atoms with Crippen LogP contribution in [0.5, 0.6) is 0 Å². The van der Waals surface area contributed by atoms with Crippen molar-refractivity contribution in [2.45, 2.75) is 0 Å². The fourth-order valence-electron chi connectivity index (χ4n) is 2.32. The van der Waals surface area contributed by atoms with E-state index < -0.39 is 0 Å². The molecule has 0 saturated carbocycles. The van der Waals surface area contributed by atoms with E-state index in [0.29, 0.717) is 18.1 Å². The molecule has 0 spiro atoms. The maximum absolute atomic E-state index is 11.2. The average molecular weight is 318 g/mol. The number of hydrogen-bond acceptors (Lipinski definition) is 3. The Labute approximate surface area is 139 Å². The lowest BCUT2D eigenvalue weighted by Crippen LogP contribution is -1.97. The van der Waals surface area contributed by atoms with Crippen molar-refractivity contribution in [3.63, 3.8) is 0 Å². The SMILES string of the molecule is O=CC(C=O)=C1C=C(c2ccccc2)SC(c2ccccc2)=C1. The molecule has 112 valence electrons. The van der Waals surface area contributed by atoms with Crippen molar-refractivity contribution in [2.24, 2.45) is 0 Å². The first kappa shape index (κ1) is 15.3. The Bertz CT molecular complexity index is 748. The van der Waals surface area contributed by atoms with Gasteiger partial charge in [-0.1, -0.05) is 72.4 Å². The predicted octanol–water partition coefficient (Wildman–Crippen LogP) is 4.51. The molecule has 1 aliphatic heterocycles. The van der Waals surface area contributed by atoms with E-state index in [0.717, 1.165) is 20.9 Å². The van der Waals surface area contributed by atoms with Gasteiger partial charge < -0.3 is 0 Å². The lowest BCUT2D eigenvalue weighted by molar-refractivity contribution is -0.109. The summed E-state index contributed by atoms with van der Waals surface area (Å²) in [6, 6.07) is 19.9. The maximum Gasteiger partial charge on any atom is 0.153 e. The quantitative estimate of drug-likeness (QED) is 0.360. The minimum atomic E-state index is 0.159. The molecule has 0 aliphatic carbocycles. The fraction of sp³-hybridized carbons (Fsp3) is 0. The molecule has 1 aliphatic rings. The fourth-order valence-corrected chi connectivity index (χ4v) is 3.44. The number of thioether (sulfide) groups is 1. The molecule has 0 saturated heterocycles. The van der Waals surface area contributed by atoms with Gasteiger partial charge in [0.2, 0.25) is 0 Å². The third-order valence-electron chi connectivity index (χ3n) is 3.50. The molecule has 2 aromatic rings. The van der Waals surface area contributed by atoms with Crippen molar-refractivity contribution in [1.29, 1.82) is 0 Å². The number of aldehydes is 2. The van der Waals surface area contributed by atoms with Gasteiger partial charge in [0.1, 0.15) is 0 Å². The van der Waals surface area contributed by atoms with Gasteiger partial charge in [0.05, 0.1) is 5.57 Å². The van der Waals surface area contributed by atoms with Crippen LogP contribution in [0.3, 0.4) is 0 Å². The predicted molar refractivity (Wildman–Crippen MR) is 95.6 cm³/mol. The summed E-state index contributed by atoms with van der Waals surface area (Å²) in [5.74, 6) is 0. The second kappa shape index (κ2) is 7.07. The zero-order valence-electron chi connectivity index (χ0n) is 12.3. The number of carbonyl (C=O) groups is 2. The Morgan fingerprint density at radius 3 is 1.52 bits per heavy atom. The number of allylic oxidation sites excluding steroid dienone is 4. The highest BCUT2D eigenvalue weighted by atomic mass is 32.2. The smallest absolute Gasteiger partial charge is 0.153 e. The zero-order valence-corrected chi connectivity index (χ0v) is 13.1. The van der Waals surface area contributed by atoms with Crippen LogP contribution < -0.4 is 0 Å². The Kier molecular flexibility index (Phi) is 4.69. The van der Waals surface area contributed by atoms with Crippen molar-refractivity contribution >= 4 is 34.1 Å². The van der Waals surface area contributed by atoms with Crippen LogP contribution >= 0.6 is 11.8 Å². The molecule has 0 unspecified atom stereocenters. The van der Waals surface area contributed by atoms with E-state index in [1.807, 2.05) is 72.8 Å². The summed E-state index contributed by atoms with van der Waals surface area (Å²) in [5, 5.41) is 0. The number of benzene rings is 2. The second-order valence-corrected chi connectivity index (χ2v) is 6.08. The molecule has 23 heavy (non-hydrogen) atoms. The first-order chi connectivity index (χ1) is 11.3. The van der Waals surface area contributed by atoms with Gasteiger partial charge in [0.25, 0.3) is 0 Å².